The van der Waals surface area contributed by atoms with Crippen molar-refractivity contribution in [3.8, 4) is 10.8 Å². The van der Waals surface area contributed by atoms with Gasteiger partial charge in [-0.2, -0.15) is 0 Å². The fraction of sp³-hybridized carbons (Fsp3) is 0.300. The van der Waals surface area contributed by atoms with Crippen LogP contribution in [0.15, 0.2) is 46.2 Å². The van der Waals surface area contributed by atoms with Gasteiger partial charge in [-0.1, -0.05) is 18.2 Å². The summed E-state index contributed by atoms with van der Waals surface area (Å²) in [6, 6.07) is 9.55. The minimum atomic E-state index is -0.373. The van der Waals surface area contributed by atoms with Crippen LogP contribution in [-0.2, 0) is 4.74 Å². The fourth-order valence-corrected chi connectivity index (χ4v) is 3.90. The second kappa shape index (κ2) is 7.62. The maximum absolute atomic E-state index is 13.3. The van der Waals surface area contributed by atoms with Crippen molar-refractivity contribution in [2.75, 3.05) is 6.61 Å². The van der Waals surface area contributed by atoms with Crippen molar-refractivity contribution in [2.24, 2.45) is 0 Å². The van der Waals surface area contributed by atoms with Crippen LogP contribution in [0.1, 0.15) is 40.7 Å². The normalized spacial score (nSPS) is 17.8. The zero-order valence-electron chi connectivity index (χ0n) is 14.8. The third-order valence-corrected chi connectivity index (χ3v) is 5.45. The maximum Gasteiger partial charge on any atom is 0.274 e. The second-order valence-electron chi connectivity index (χ2n) is 6.46. The first-order chi connectivity index (χ1) is 13.1. The zero-order chi connectivity index (χ0) is 18.8. The van der Waals surface area contributed by atoms with E-state index < -0.39 is 0 Å². The third kappa shape index (κ3) is 3.79. The minimum absolute atomic E-state index is 0.150. The summed E-state index contributed by atoms with van der Waals surface area (Å²) >= 11 is 1.50. The average Bonchev–Trinajstić information content (AvgIpc) is 3.41. The molecule has 3 aromatic rings. The molecule has 1 amide bonds. The first-order valence-corrected chi connectivity index (χ1v) is 9.69. The molecule has 1 aliphatic rings. The van der Waals surface area contributed by atoms with E-state index in [-0.39, 0.29) is 29.6 Å². The van der Waals surface area contributed by atoms with Gasteiger partial charge in [0, 0.05) is 6.61 Å². The lowest BCUT2D eigenvalue weighted by atomic mass is 9.99. The lowest BCUT2D eigenvalue weighted by Gasteiger charge is -2.24. The minimum Gasteiger partial charge on any atom is -0.440 e. The highest BCUT2D eigenvalue weighted by Gasteiger charge is 2.30. The Hall–Kier alpha value is -2.51. The van der Waals surface area contributed by atoms with Gasteiger partial charge >= 0.3 is 0 Å². The fourth-order valence-electron chi connectivity index (χ4n) is 3.25. The van der Waals surface area contributed by atoms with Gasteiger partial charge in [-0.15, -0.1) is 11.3 Å². The summed E-state index contributed by atoms with van der Waals surface area (Å²) in [5, 5.41) is 4.93. The summed E-state index contributed by atoms with van der Waals surface area (Å²) in [6.07, 6.45) is 1.62. The van der Waals surface area contributed by atoms with Crippen LogP contribution in [0, 0.1) is 12.7 Å². The van der Waals surface area contributed by atoms with Gasteiger partial charge in [-0.3, -0.25) is 4.79 Å². The van der Waals surface area contributed by atoms with Crippen molar-refractivity contribution in [1.82, 2.24) is 10.3 Å². The molecular formula is C20H19FN2O3S. The van der Waals surface area contributed by atoms with Crippen LogP contribution in [-0.4, -0.2) is 23.6 Å². The Morgan fingerprint density at radius 2 is 2.15 bits per heavy atom. The van der Waals surface area contributed by atoms with Crippen LogP contribution < -0.4 is 5.32 Å². The highest BCUT2D eigenvalue weighted by Crippen LogP contribution is 2.29. The molecule has 0 unspecified atom stereocenters. The summed E-state index contributed by atoms with van der Waals surface area (Å²) in [4.78, 5) is 18.1. The molecule has 2 atom stereocenters. The molecular weight excluding hydrogens is 367 g/mol. The standard InChI is InChI=1S/C20H19FN2O3S/c1-12-17(23-20(26-12)16-5-3-11-27-16)19(24)22-18(15-4-2-10-25-15)13-6-8-14(21)9-7-13/h3,5-9,11,15,18H,2,4,10H2,1H3,(H,22,24)/t15-,18+/m1/s1. The molecule has 1 aromatic carbocycles. The number of amides is 1. The van der Waals surface area contributed by atoms with Gasteiger partial charge in [-0.25, -0.2) is 9.37 Å². The van der Waals surface area contributed by atoms with Gasteiger partial charge in [0.2, 0.25) is 5.89 Å². The number of hydrogen-bond acceptors (Lipinski definition) is 5. The molecule has 1 fully saturated rings. The Bertz CT molecular complexity index is 915. The molecule has 1 saturated heterocycles. The summed E-state index contributed by atoms with van der Waals surface area (Å²) in [6.45, 7) is 2.38. The maximum atomic E-state index is 13.3. The number of nitrogens with one attached hydrogen (secondary N) is 1. The predicted molar refractivity (Wildman–Crippen MR) is 100 cm³/mol. The molecule has 27 heavy (non-hydrogen) atoms. The summed E-state index contributed by atoms with van der Waals surface area (Å²) < 4.78 is 24.8. The average molecular weight is 386 g/mol. The molecule has 140 valence electrons. The lowest BCUT2D eigenvalue weighted by Crippen LogP contribution is -2.36. The van der Waals surface area contributed by atoms with Gasteiger partial charge in [0.25, 0.3) is 5.91 Å². The van der Waals surface area contributed by atoms with E-state index in [2.05, 4.69) is 10.3 Å². The van der Waals surface area contributed by atoms with Gasteiger partial charge < -0.3 is 14.5 Å². The lowest BCUT2D eigenvalue weighted by molar-refractivity contribution is 0.0669. The van der Waals surface area contributed by atoms with Gasteiger partial charge in [0.1, 0.15) is 11.6 Å². The number of ether oxygens (including phenoxy) is 1. The molecule has 0 spiro atoms. The summed E-state index contributed by atoms with van der Waals surface area (Å²) in [5.74, 6) is 0.247. The molecule has 0 bridgehead atoms. The number of oxazole rings is 1. The molecule has 0 aliphatic carbocycles. The van der Waals surface area contributed by atoms with Gasteiger partial charge in [0.15, 0.2) is 5.69 Å². The van der Waals surface area contributed by atoms with E-state index in [1.165, 1.54) is 23.5 Å². The number of aryl methyl sites for hydroxylation is 1. The van der Waals surface area contributed by atoms with E-state index in [0.717, 1.165) is 23.3 Å². The number of aromatic nitrogens is 1. The quantitative estimate of drug-likeness (QED) is 0.701. The van der Waals surface area contributed by atoms with E-state index in [9.17, 15) is 9.18 Å². The number of benzene rings is 1. The highest BCUT2D eigenvalue weighted by molar-refractivity contribution is 7.13. The molecule has 5 nitrogen and oxygen atoms in total. The monoisotopic (exact) mass is 386 g/mol. The Balaban J connectivity index is 1.59. The number of hydrogen-bond donors (Lipinski definition) is 1. The van der Waals surface area contributed by atoms with E-state index >= 15 is 0 Å². The van der Waals surface area contributed by atoms with Crippen molar-refractivity contribution in [2.45, 2.75) is 31.9 Å². The summed E-state index contributed by atoms with van der Waals surface area (Å²) in [7, 11) is 0. The predicted octanol–water partition coefficient (Wildman–Crippen LogP) is 4.50. The van der Waals surface area contributed by atoms with Crippen LogP contribution in [0.25, 0.3) is 10.8 Å². The topological polar surface area (TPSA) is 64.4 Å². The number of thiophene rings is 1. The van der Waals surface area contributed by atoms with Crippen molar-refractivity contribution in [3.05, 3.63) is 64.6 Å². The van der Waals surface area contributed by atoms with E-state index in [4.69, 9.17) is 9.15 Å². The largest absolute Gasteiger partial charge is 0.440 e. The number of carbonyl (C=O) groups excluding carboxylic acids is 1. The van der Waals surface area contributed by atoms with Crippen LogP contribution in [0.5, 0.6) is 0 Å². The van der Waals surface area contributed by atoms with Crippen LogP contribution in [0.3, 0.4) is 0 Å². The number of nitrogens with zero attached hydrogens (tertiary/aromatic N) is 1. The molecule has 4 rings (SSSR count). The smallest absolute Gasteiger partial charge is 0.274 e. The first kappa shape index (κ1) is 17.9. The van der Waals surface area contributed by atoms with Crippen molar-refractivity contribution >= 4 is 17.2 Å². The first-order valence-electron chi connectivity index (χ1n) is 8.81. The second-order valence-corrected chi connectivity index (χ2v) is 7.40. The van der Waals surface area contributed by atoms with E-state index in [1.54, 1.807) is 19.1 Å². The molecule has 7 heteroatoms. The van der Waals surface area contributed by atoms with Crippen molar-refractivity contribution in [3.63, 3.8) is 0 Å². The van der Waals surface area contributed by atoms with Crippen molar-refractivity contribution in [1.29, 1.82) is 0 Å². The summed E-state index contributed by atoms with van der Waals surface area (Å²) in [5.41, 5.74) is 1.06. The number of halogens is 1. The Kier molecular flexibility index (Phi) is 5.05. The Morgan fingerprint density at radius 1 is 1.33 bits per heavy atom. The van der Waals surface area contributed by atoms with Gasteiger partial charge in [-0.05, 0) is 48.9 Å². The van der Waals surface area contributed by atoms with Crippen LogP contribution in [0.4, 0.5) is 4.39 Å². The Labute approximate surface area is 160 Å². The molecule has 0 radical (unpaired) electrons. The van der Waals surface area contributed by atoms with Crippen molar-refractivity contribution < 1.29 is 18.3 Å². The third-order valence-electron chi connectivity index (χ3n) is 4.60. The molecule has 1 N–H and O–H groups in total. The molecule has 3 heterocycles. The molecule has 1 aliphatic heterocycles. The highest BCUT2D eigenvalue weighted by atomic mass is 32.1. The molecule has 2 aromatic heterocycles. The number of carbonyl (C=O) groups is 1. The van der Waals surface area contributed by atoms with Crippen LogP contribution in [0.2, 0.25) is 0 Å². The SMILES string of the molecule is Cc1oc(-c2cccs2)nc1C(=O)N[C@@H](c1ccc(F)cc1)[C@H]1CCCO1. The zero-order valence-corrected chi connectivity index (χ0v) is 15.6. The number of rotatable bonds is 5. The van der Waals surface area contributed by atoms with E-state index in [0.29, 0.717) is 18.3 Å². The van der Waals surface area contributed by atoms with E-state index in [1.807, 2.05) is 17.5 Å². The Morgan fingerprint density at radius 3 is 2.81 bits per heavy atom. The van der Waals surface area contributed by atoms with Gasteiger partial charge in [0.05, 0.1) is 17.0 Å². The van der Waals surface area contributed by atoms with Crippen LogP contribution >= 0.6 is 11.3 Å². The molecule has 0 saturated carbocycles.